The van der Waals surface area contributed by atoms with Crippen LogP contribution in [0.15, 0.2) is 48.5 Å². The molecule has 208 valence electrons. The van der Waals surface area contributed by atoms with Crippen LogP contribution in [0.1, 0.15) is 60.7 Å². The fourth-order valence-corrected chi connectivity index (χ4v) is 6.31. The molecule has 3 aliphatic heterocycles. The van der Waals surface area contributed by atoms with Gasteiger partial charge in [0.15, 0.2) is 0 Å². The van der Waals surface area contributed by atoms with E-state index < -0.39 is 23.7 Å². The average Bonchev–Trinajstić information content (AvgIpc) is 3.18. The van der Waals surface area contributed by atoms with Crippen LogP contribution in [0, 0.1) is 5.82 Å². The highest BCUT2D eigenvalue weighted by Gasteiger charge is 2.41. The van der Waals surface area contributed by atoms with E-state index in [9.17, 15) is 18.8 Å². The number of amides is 3. The molecule has 0 aromatic heterocycles. The van der Waals surface area contributed by atoms with Gasteiger partial charge in [0.2, 0.25) is 11.8 Å². The van der Waals surface area contributed by atoms with Gasteiger partial charge in [0, 0.05) is 50.1 Å². The molecular weight excluding hydrogens is 507 g/mol. The zero-order chi connectivity index (χ0) is 28.2. The molecule has 1 atom stereocenters. The molecule has 0 aliphatic carbocycles. The van der Waals surface area contributed by atoms with Crippen LogP contribution in [0.3, 0.4) is 0 Å². The molecule has 6 rings (SSSR count). The summed E-state index contributed by atoms with van der Waals surface area (Å²) in [6.07, 6.45) is 1.00. The summed E-state index contributed by atoms with van der Waals surface area (Å²) in [5, 5.41) is 3.67. The van der Waals surface area contributed by atoms with Gasteiger partial charge >= 0.3 is 0 Å². The van der Waals surface area contributed by atoms with Crippen LogP contribution in [0.4, 0.5) is 10.1 Å². The van der Waals surface area contributed by atoms with Gasteiger partial charge in [0.1, 0.15) is 11.9 Å². The van der Waals surface area contributed by atoms with Crippen LogP contribution in [0.25, 0.3) is 10.8 Å². The molecule has 0 radical (unpaired) electrons. The first-order valence-electron chi connectivity index (χ1n) is 14.1. The fourth-order valence-electron chi connectivity index (χ4n) is 6.31. The second-order valence-electron chi connectivity index (χ2n) is 12.2. The quantitative estimate of drug-likeness (QED) is 0.488. The van der Waals surface area contributed by atoms with Crippen LogP contribution < -0.4 is 10.2 Å². The molecule has 7 nitrogen and oxygen atoms in total. The highest BCUT2D eigenvalue weighted by molar-refractivity contribution is 6.27. The Morgan fingerprint density at radius 3 is 2.30 bits per heavy atom. The largest absolute Gasteiger partial charge is 0.297 e. The Morgan fingerprint density at radius 2 is 1.62 bits per heavy atom. The molecule has 3 aliphatic rings. The topological polar surface area (TPSA) is 73.0 Å². The van der Waals surface area contributed by atoms with Crippen molar-refractivity contribution >= 4 is 34.2 Å². The molecule has 1 unspecified atom stereocenters. The van der Waals surface area contributed by atoms with Gasteiger partial charge < -0.3 is 0 Å². The lowest BCUT2D eigenvalue weighted by atomic mass is 9.95. The number of carbonyl (C=O) groups is 3. The van der Waals surface area contributed by atoms with E-state index in [-0.39, 0.29) is 29.9 Å². The molecule has 40 heavy (non-hydrogen) atoms. The molecule has 2 fully saturated rings. The average molecular weight is 543 g/mol. The number of rotatable bonds is 5. The number of hydrogen-bond acceptors (Lipinski definition) is 5. The number of imide groups is 1. The van der Waals surface area contributed by atoms with Crippen LogP contribution in [0.2, 0.25) is 0 Å². The van der Waals surface area contributed by atoms with Crippen molar-refractivity contribution in [1.82, 2.24) is 15.1 Å². The smallest absolute Gasteiger partial charge is 0.259 e. The third-order valence-electron chi connectivity index (χ3n) is 8.52. The number of nitrogens with zero attached hydrogens (tertiary/aromatic N) is 3. The van der Waals surface area contributed by atoms with E-state index in [1.807, 2.05) is 12.1 Å². The Morgan fingerprint density at radius 1 is 0.925 bits per heavy atom. The first-order chi connectivity index (χ1) is 19.1. The van der Waals surface area contributed by atoms with E-state index in [0.29, 0.717) is 22.9 Å². The molecule has 2 saturated heterocycles. The number of nitrogens with one attached hydrogen (secondary N) is 1. The predicted octanol–water partition coefficient (Wildman–Crippen LogP) is 4.25. The summed E-state index contributed by atoms with van der Waals surface area (Å²) in [5.41, 5.74) is 4.35. The zero-order valence-electron chi connectivity index (χ0n) is 23.3. The summed E-state index contributed by atoms with van der Waals surface area (Å²) in [6.45, 7) is 12.0. The molecule has 0 bridgehead atoms. The lowest BCUT2D eigenvalue weighted by Crippen LogP contribution is -2.53. The van der Waals surface area contributed by atoms with Gasteiger partial charge in [-0.2, -0.15) is 0 Å². The maximum Gasteiger partial charge on any atom is 0.259 e. The second-order valence-corrected chi connectivity index (χ2v) is 12.2. The van der Waals surface area contributed by atoms with Gasteiger partial charge in [-0.3, -0.25) is 34.4 Å². The first-order valence-corrected chi connectivity index (χ1v) is 14.1. The molecule has 3 amide bonds. The van der Waals surface area contributed by atoms with Crippen LogP contribution in [0.5, 0.6) is 0 Å². The highest BCUT2D eigenvalue weighted by Crippen LogP contribution is 2.42. The van der Waals surface area contributed by atoms with E-state index in [4.69, 9.17) is 0 Å². The Hall–Kier alpha value is -3.62. The van der Waals surface area contributed by atoms with Gasteiger partial charge in [0.05, 0.1) is 11.3 Å². The Labute approximate surface area is 233 Å². The van der Waals surface area contributed by atoms with Crippen LogP contribution in [-0.4, -0.2) is 65.3 Å². The molecule has 1 N–H and O–H groups in total. The SMILES string of the molecule is CC(C)(C)N1CCN(Cc2ccc(Cc3ccc4c5c(cc(F)cc35)C(=O)N4C3CCC(=O)NC3=O)cc2)CC1. The van der Waals surface area contributed by atoms with Crippen molar-refractivity contribution < 1.29 is 18.8 Å². The van der Waals surface area contributed by atoms with Crippen LogP contribution in [-0.2, 0) is 22.6 Å². The number of piperazine rings is 1. The molecule has 8 heteroatoms. The van der Waals surface area contributed by atoms with E-state index >= 15 is 0 Å². The summed E-state index contributed by atoms with van der Waals surface area (Å²) in [6, 6.07) is 14.3. The number of piperidine rings is 1. The maximum absolute atomic E-state index is 14.8. The lowest BCUT2D eigenvalue weighted by Gasteiger charge is -2.42. The fraction of sp³-hybridized carbons (Fsp3) is 0.406. The van der Waals surface area contributed by atoms with Crippen LogP contribution >= 0.6 is 0 Å². The van der Waals surface area contributed by atoms with Crippen molar-refractivity contribution in [2.24, 2.45) is 0 Å². The summed E-state index contributed by atoms with van der Waals surface area (Å²) >= 11 is 0. The minimum absolute atomic E-state index is 0.162. The van der Waals surface area contributed by atoms with Gasteiger partial charge in [-0.05, 0) is 73.9 Å². The number of benzene rings is 3. The number of anilines is 1. The van der Waals surface area contributed by atoms with Crippen molar-refractivity contribution in [2.45, 2.75) is 58.2 Å². The van der Waals surface area contributed by atoms with Crippen molar-refractivity contribution in [3.8, 4) is 0 Å². The lowest BCUT2D eigenvalue weighted by molar-refractivity contribution is -0.134. The van der Waals surface area contributed by atoms with E-state index in [1.165, 1.54) is 22.6 Å². The third kappa shape index (κ3) is 4.90. The molecule has 3 aromatic rings. The number of carbonyl (C=O) groups excluding carboxylic acids is 3. The summed E-state index contributed by atoms with van der Waals surface area (Å²) < 4.78 is 14.8. The van der Waals surface area contributed by atoms with Crippen molar-refractivity contribution in [2.75, 3.05) is 31.1 Å². The number of halogens is 1. The monoisotopic (exact) mass is 542 g/mol. The Balaban J connectivity index is 1.21. The highest BCUT2D eigenvalue weighted by atomic mass is 19.1. The molecule has 0 spiro atoms. The molecule has 0 saturated carbocycles. The molecular formula is C32H35FN4O3. The molecule has 3 aromatic carbocycles. The Bertz CT molecular complexity index is 1500. The normalized spacial score (nSPS) is 20.4. The predicted molar refractivity (Wildman–Crippen MR) is 153 cm³/mol. The van der Waals surface area contributed by atoms with Gasteiger partial charge in [0.25, 0.3) is 5.91 Å². The van der Waals surface area contributed by atoms with E-state index in [1.54, 1.807) is 0 Å². The maximum atomic E-state index is 14.8. The standard InChI is InChI=1S/C32H35FN4O3/c1-32(2,3)36-14-12-35(13-15-36)19-21-6-4-20(5-7-21)16-22-8-9-26-29-24(22)17-23(33)18-25(29)31(40)37(26)27-10-11-28(38)34-30(27)39/h4-9,17-18,27H,10-16,19H2,1-3H3,(H,34,38,39). The zero-order valence-corrected chi connectivity index (χ0v) is 23.3. The van der Waals surface area contributed by atoms with E-state index in [2.05, 4.69) is 60.2 Å². The van der Waals surface area contributed by atoms with Crippen molar-refractivity contribution in [3.63, 3.8) is 0 Å². The van der Waals surface area contributed by atoms with Crippen molar-refractivity contribution in [3.05, 3.63) is 76.6 Å². The summed E-state index contributed by atoms with van der Waals surface area (Å²) in [7, 11) is 0. The number of hydrogen-bond donors (Lipinski definition) is 1. The van der Waals surface area contributed by atoms with Crippen molar-refractivity contribution in [1.29, 1.82) is 0 Å². The van der Waals surface area contributed by atoms with Gasteiger partial charge in [-0.1, -0.05) is 30.3 Å². The van der Waals surface area contributed by atoms with Gasteiger partial charge in [-0.15, -0.1) is 0 Å². The first kappa shape index (κ1) is 26.6. The van der Waals surface area contributed by atoms with E-state index in [0.717, 1.165) is 43.9 Å². The second kappa shape index (κ2) is 10.1. The summed E-state index contributed by atoms with van der Waals surface area (Å²) in [5.74, 6) is -1.72. The molecule has 3 heterocycles. The minimum atomic E-state index is -0.793. The summed E-state index contributed by atoms with van der Waals surface area (Å²) in [4.78, 5) is 44.1. The van der Waals surface area contributed by atoms with Gasteiger partial charge in [-0.25, -0.2) is 4.39 Å². The Kier molecular flexibility index (Phi) is 6.71. The minimum Gasteiger partial charge on any atom is -0.297 e. The third-order valence-corrected chi connectivity index (χ3v) is 8.52.